The second-order valence-corrected chi connectivity index (χ2v) is 10.2. The molecular weight excluding hydrogens is 479 g/mol. The summed E-state index contributed by atoms with van der Waals surface area (Å²) in [5.41, 5.74) is -0.612. The van der Waals surface area contributed by atoms with Gasteiger partial charge in [-0.3, -0.25) is 9.59 Å². The summed E-state index contributed by atoms with van der Waals surface area (Å²) in [4.78, 5) is 22.6. The van der Waals surface area contributed by atoms with Crippen LogP contribution >= 0.6 is 0 Å². The Kier molecular flexibility index (Phi) is 9.71. The molecule has 0 radical (unpaired) electrons. The molecule has 1 aromatic carbocycles. The first-order chi connectivity index (χ1) is 15.9. The highest BCUT2D eigenvalue weighted by Crippen LogP contribution is 2.27. The smallest absolute Gasteiger partial charge is 0.406 e. The predicted octanol–water partition coefficient (Wildman–Crippen LogP) is 1.87. The molecule has 13 heteroatoms. The summed E-state index contributed by atoms with van der Waals surface area (Å²) in [6, 6.07) is 4.03. The number of alkyl halides is 3. The van der Waals surface area contributed by atoms with E-state index in [1.165, 1.54) is 22.5 Å². The highest BCUT2D eigenvalue weighted by molar-refractivity contribution is 7.89. The van der Waals surface area contributed by atoms with Gasteiger partial charge in [0.05, 0.1) is 10.5 Å². The van der Waals surface area contributed by atoms with Crippen molar-refractivity contribution in [3.63, 3.8) is 0 Å². The minimum absolute atomic E-state index is 0.122. The van der Waals surface area contributed by atoms with Crippen molar-refractivity contribution in [1.82, 2.24) is 14.5 Å². The van der Waals surface area contributed by atoms with Crippen LogP contribution in [-0.4, -0.2) is 79.7 Å². The maximum atomic E-state index is 12.4. The monoisotopic (exact) mass is 509 g/mol. The molecule has 2 N–H and O–H groups in total. The zero-order valence-electron chi connectivity index (χ0n) is 18.9. The van der Waals surface area contributed by atoms with Gasteiger partial charge in [0.15, 0.2) is 0 Å². The number of rotatable bonds is 6. The fourth-order valence-electron chi connectivity index (χ4n) is 3.82. The van der Waals surface area contributed by atoms with E-state index < -0.39 is 27.7 Å². The molecule has 34 heavy (non-hydrogen) atoms. The molecule has 1 aromatic rings. The normalized spacial score (nSPS) is 18.9. The van der Waals surface area contributed by atoms with Crippen LogP contribution in [-0.2, 0) is 19.6 Å². The number of sulfonamides is 1. The maximum absolute atomic E-state index is 12.4. The van der Waals surface area contributed by atoms with Crippen molar-refractivity contribution >= 4 is 22.3 Å². The van der Waals surface area contributed by atoms with Gasteiger partial charge in [0.1, 0.15) is 5.75 Å². The van der Waals surface area contributed by atoms with Crippen molar-refractivity contribution in [1.29, 1.82) is 0 Å². The van der Waals surface area contributed by atoms with Crippen molar-refractivity contribution in [2.24, 2.45) is 0 Å². The number of hydrogen-bond acceptors (Lipinski definition) is 6. The highest BCUT2D eigenvalue weighted by Gasteiger charge is 2.32. The summed E-state index contributed by atoms with van der Waals surface area (Å²) in [5, 5.41) is 12.3. The number of ether oxygens (including phenoxy) is 1. The second kappa shape index (κ2) is 11.8. The average Bonchev–Trinajstić information content (AvgIpc) is 2.78. The van der Waals surface area contributed by atoms with Gasteiger partial charge in [-0.1, -0.05) is 19.3 Å². The van der Waals surface area contributed by atoms with E-state index in [2.05, 4.69) is 10.1 Å². The zero-order valence-corrected chi connectivity index (χ0v) is 19.7. The molecule has 9 nitrogen and oxygen atoms in total. The lowest BCUT2D eigenvalue weighted by Crippen LogP contribution is -2.49. The van der Waals surface area contributed by atoms with Crippen LogP contribution in [0, 0.1) is 0 Å². The Morgan fingerprint density at radius 2 is 1.68 bits per heavy atom. The van der Waals surface area contributed by atoms with Crippen molar-refractivity contribution in [2.45, 2.75) is 55.9 Å². The van der Waals surface area contributed by atoms with Crippen molar-refractivity contribution < 1.29 is 41.0 Å². The third kappa shape index (κ3) is 8.44. The van der Waals surface area contributed by atoms with Gasteiger partial charge < -0.3 is 20.1 Å². The number of halogens is 3. The molecule has 0 aromatic heterocycles. The van der Waals surface area contributed by atoms with Gasteiger partial charge in [-0.2, -0.15) is 4.31 Å². The molecule has 3 rings (SSSR count). The van der Waals surface area contributed by atoms with E-state index in [1.807, 2.05) is 0 Å². The van der Waals surface area contributed by atoms with Gasteiger partial charge in [0, 0.05) is 39.6 Å². The molecule has 1 saturated heterocycles. The Bertz CT molecular complexity index is 911. The van der Waals surface area contributed by atoms with E-state index in [1.54, 1.807) is 0 Å². The molecule has 0 spiro atoms. The summed E-state index contributed by atoms with van der Waals surface area (Å²) >= 11 is 0. The Morgan fingerprint density at radius 3 is 2.15 bits per heavy atom. The summed E-state index contributed by atoms with van der Waals surface area (Å²) in [5.74, 6) is -0.617. The lowest BCUT2D eigenvalue weighted by Gasteiger charge is -2.33. The molecule has 0 atom stereocenters. The third-order valence-electron chi connectivity index (χ3n) is 5.68. The van der Waals surface area contributed by atoms with E-state index in [-0.39, 0.29) is 37.0 Å². The minimum atomic E-state index is -4.83. The van der Waals surface area contributed by atoms with E-state index in [0.717, 1.165) is 49.9 Å². The van der Waals surface area contributed by atoms with Crippen LogP contribution < -0.4 is 10.1 Å². The second-order valence-electron chi connectivity index (χ2n) is 8.21. The first-order valence-electron chi connectivity index (χ1n) is 10.9. The van der Waals surface area contributed by atoms with Gasteiger partial charge in [0.2, 0.25) is 22.3 Å². The van der Waals surface area contributed by atoms with E-state index in [0.29, 0.717) is 13.0 Å². The molecule has 192 valence electrons. The number of hydrogen-bond donors (Lipinski definition) is 2. The number of carbonyl (C=O) groups is 2. The molecule has 2 aliphatic rings. The van der Waals surface area contributed by atoms with Crippen LogP contribution in [0.15, 0.2) is 29.2 Å². The fourth-order valence-corrected chi connectivity index (χ4v) is 5.25. The lowest BCUT2D eigenvalue weighted by molar-refractivity contribution is -0.274. The van der Waals surface area contributed by atoms with Crippen LogP contribution in [0.3, 0.4) is 0 Å². The molecule has 1 heterocycles. The first-order valence-corrected chi connectivity index (χ1v) is 12.3. The minimum Gasteiger partial charge on any atom is -0.406 e. The molecule has 2 amide bonds. The Morgan fingerprint density at radius 1 is 1.12 bits per heavy atom. The summed E-state index contributed by atoms with van der Waals surface area (Å²) in [6.45, 7) is 2.67. The first kappa shape index (κ1) is 27.9. The number of nitrogens with zero attached hydrogens (tertiary/aromatic N) is 2. The highest BCUT2D eigenvalue weighted by atomic mass is 32.2. The van der Waals surface area contributed by atoms with Gasteiger partial charge >= 0.3 is 6.36 Å². The molecule has 2 fully saturated rings. The van der Waals surface area contributed by atoms with Crippen LogP contribution in [0.2, 0.25) is 0 Å². The molecular formula is C21H30F3N3O6S. The van der Waals surface area contributed by atoms with Crippen molar-refractivity contribution in [3.8, 4) is 5.75 Å². The molecule has 0 unspecified atom stereocenters. The van der Waals surface area contributed by atoms with Crippen molar-refractivity contribution in [2.75, 3.05) is 32.7 Å². The Hall–Kier alpha value is -2.38. The summed E-state index contributed by atoms with van der Waals surface area (Å²) < 4.78 is 66.0. The number of carbonyl (C=O) groups excluding carboxylic acids is 2. The molecule has 0 bridgehead atoms. The lowest BCUT2D eigenvalue weighted by atomic mass is 9.85. The number of piperazine rings is 1. The number of benzene rings is 1. The Labute approximate surface area is 196 Å². The van der Waals surface area contributed by atoms with Gasteiger partial charge in [0.25, 0.3) is 0 Å². The van der Waals surface area contributed by atoms with Crippen molar-refractivity contribution in [3.05, 3.63) is 24.3 Å². The average molecular weight is 510 g/mol. The maximum Gasteiger partial charge on any atom is 0.573 e. The molecule has 1 aliphatic heterocycles. The standard InChI is InChI=1S/C13H15F3N2O4S.C8H15NO2/c1-10(19)17-6-8-18(9-7-17)23(20,21)12-4-2-11(3-5-12)22-13(14,15)16;10-7-9-6-8(11)4-2-1-3-5-8/h2-5H,6-9H2,1H3;7,11H,1-6H2,(H,9,10). The van der Waals surface area contributed by atoms with Crippen LogP contribution in [0.5, 0.6) is 5.75 Å². The van der Waals surface area contributed by atoms with E-state index in [9.17, 15) is 36.3 Å². The number of aliphatic hydroxyl groups is 1. The third-order valence-corrected chi connectivity index (χ3v) is 7.59. The molecule has 1 aliphatic carbocycles. The predicted molar refractivity (Wildman–Crippen MR) is 116 cm³/mol. The van der Waals surface area contributed by atoms with Gasteiger partial charge in [-0.05, 0) is 37.1 Å². The van der Waals surface area contributed by atoms with Crippen LogP contribution in [0.1, 0.15) is 39.0 Å². The molecule has 1 saturated carbocycles. The zero-order chi connectivity index (χ0) is 25.4. The largest absolute Gasteiger partial charge is 0.573 e. The number of amides is 2. The summed E-state index contributed by atoms with van der Waals surface area (Å²) in [7, 11) is -3.81. The Balaban J connectivity index is 0.000000310. The number of nitrogens with one attached hydrogen (secondary N) is 1. The van der Waals surface area contributed by atoms with E-state index >= 15 is 0 Å². The summed E-state index contributed by atoms with van der Waals surface area (Å²) in [6.07, 6.45) is 0.842. The quantitative estimate of drug-likeness (QED) is 0.566. The van der Waals surface area contributed by atoms with Gasteiger partial charge in [-0.15, -0.1) is 13.2 Å². The SMILES string of the molecule is CC(=O)N1CCN(S(=O)(=O)c2ccc(OC(F)(F)F)cc2)CC1.O=CNCC1(O)CCCCC1. The topological polar surface area (TPSA) is 116 Å². The fraction of sp³-hybridized carbons (Fsp3) is 0.619. The van der Waals surface area contributed by atoms with Gasteiger partial charge in [-0.25, -0.2) is 8.42 Å². The van der Waals surface area contributed by atoms with E-state index in [4.69, 9.17) is 0 Å². The van der Waals surface area contributed by atoms with Crippen LogP contribution in [0.4, 0.5) is 13.2 Å². The van der Waals surface area contributed by atoms with Crippen LogP contribution in [0.25, 0.3) is 0 Å².